The monoisotopic (exact) mass is 469 g/mol. The first-order chi connectivity index (χ1) is 15.1. The summed E-state index contributed by atoms with van der Waals surface area (Å²) in [6.07, 6.45) is -6.44. The molecule has 1 amide bonds. The molecular formula is C22H13ClF5NO3. The van der Waals surface area contributed by atoms with E-state index in [1.165, 1.54) is 24.3 Å². The Morgan fingerprint density at radius 1 is 0.906 bits per heavy atom. The van der Waals surface area contributed by atoms with E-state index in [9.17, 15) is 31.5 Å². The van der Waals surface area contributed by atoms with Gasteiger partial charge in [0.2, 0.25) is 6.10 Å². The SMILES string of the molecule is O=C(O[C@H](C(=O)Nc1cc(C(F)(F)F)ccc1Cl)c1ccccc1)c1c(F)cccc1F. The molecule has 0 unspecified atom stereocenters. The van der Waals surface area contributed by atoms with Gasteiger partial charge in [-0.3, -0.25) is 4.79 Å². The lowest BCUT2D eigenvalue weighted by Gasteiger charge is -2.19. The lowest BCUT2D eigenvalue weighted by Crippen LogP contribution is -2.27. The number of rotatable bonds is 5. The summed E-state index contributed by atoms with van der Waals surface area (Å²) in [5.74, 6) is -4.96. The van der Waals surface area contributed by atoms with Crippen LogP contribution in [0.1, 0.15) is 27.6 Å². The number of nitrogens with one attached hydrogen (secondary N) is 1. The Hall–Kier alpha value is -3.46. The molecule has 3 rings (SSSR count). The zero-order valence-corrected chi connectivity index (χ0v) is 16.7. The van der Waals surface area contributed by atoms with Crippen LogP contribution in [0.3, 0.4) is 0 Å². The zero-order valence-electron chi connectivity index (χ0n) is 15.9. The number of ether oxygens (including phenoxy) is 1. The molecule has 0 radical (unpaired) electrons. The van der Waals surface area contributed by atoms with E-state index in [0.29, 0.717) is 6.07 Å². The molecule has 0 saturated carbocycles. The molecule has 0 aromatic heterocycles. The van der Waals surface area contributed by atoms with Gasteiger partial charge < -0.3 is 10.1 Å². The molecule has 32 heavy (non-hydrogen) atoms. The molecule has 1 atom stereocenters. The van der Waals surface area contributed by atoms with Crippen molar-refractivity contribution in [2.24, 2.45) is 0 Å². The molecular weight excluding hydrogens is 457 g/mol. The Kier molecular flexibility index (Phi) is 6.78. The molecule has 0 spiro atoms. The number of hydrogen-bond acceptors (Lipinski definition) is 3. The van der Waals surface area contributed by atoms with E-state index in [-0.39, 0.29) is 16.3 Å². The van der Waals surface area contributed by atoms with E-state index < -0.39 is 46.9 Å². The van der Waals surface area contributed by atoms with Crippen LogP contribution in [0, 0.1) is 11.6 Å². The fourth-order valence-corrected chi connectivity index (χ4v) is 2.92. The van der Waals surface area contributed by atoms with Gasteiger partial charge in [0.15, 0.2) is 0 Å². The Morgan fingerprint density at radius 2 is 1.53 bits per heavy atom. The van der Waals surface area contributed by atoms with Crippen LogP contribution in [0.15, 0.2) is 66.7 Å². The second-order valence-corrected chi connectivity index (χ2v) is 6.88. The largest absolute Gasteiger partial charge is 0.444 e. The number of carbonyl (C=O) groups is 2. The second-order valence-electron chi connectivity index (χ2n) is 6.47. The number of halogens is 6. The standard InChI is InChI=1S/C22H13ClF5NO3/c23-14-10-9-13(22(26,27)28)11-17(14)29-20(30)19(12-5-2-1-3-6-12)32-21(31)18-15(24)7-4-8-16(18)25/h1-11,19H,(H,29,30)/t19-/m0/s1. The van der Waals surface area contributed by atoms with Crippen LogP contribution in [-0.2, 0) is 15.7 Å². The molecule has 0 aliphatic heterocycles. The van der Waals surface area contributed by atoms with Crippen LogP contribution in [0.5, 0.6) is 0 Å². The van der Waals surface area contributed by atoms with Gasteiger partial charge in [-0.15, -0.1) is 0 Å². The van der Waals surface area contributed by atoms with Crippen molar-refractivity contribution in [1.82, 2.24) is 0 Å². The third-order valence-corrected chi connectivity index (χ3v) is 4.61. The van der Waals surface area contributed by atoms with E-state index >= 15 is 0 Å². The predicted molar refractivity (Wildman–Crippen MR) is 106 cm³/mol. The van der Waals surface area contributed by atoms with E-state index in [2.05, 4.69) is 5.32 Å². The number of carbonyl (C=O) groups excluding carboxylic acids is 2. The quantitative estimate of drug-likeness (QED) is 0.359. The molecule has 0 heterocycles. The summed E-state index contributed by atoms with van der Waals surface area (Å²) in [4.78, 5) is 25.3. The van der Waals surface area contributed by atoms with Crippen LogP contribution >= 0.6 is 11.6 Å². The van der Waals surface area contributed by atoms with Crippen molar-refractivity contribution < 1.29 is 36.3 Å². The number of anilines is 1. The first kappa shape index (κ1) is 23.2. The maximum atomic E-state index is 13.9. The Morgan fingerprint density at radius 3 is 2.12 bits per heavy atom. The fourth-order valence-electron chi connectivity index (χ4n) is 2.76. The summed E-state index contributed by atoms with van der Waals surface area (Å²) in [6, 6.07) is 12.4. The first-order valence-corrected chi connectivity index (χ1v) is 9.33. The fraction of sp³-hybridized carbons (Fsp3) is 0.0909. The molecule has 0 fully saturated rings. The van der Waals surface area contributed by atoms with Crippen molar-refractivity contribution in [3.05, 3.63) is 100 Å². The van der Waals surface area contributed by atoms with Gasteiger partial charge in [0.1, 0.15) is 17.2 Å². The van der Waals surface area contributed by atoms with Crippen molar-refractivity contribution in [3.63, 3.8) is 0 Å². The van der Waals surface area contributed by atoms with E-state index in [1.54, 1.807) is 6.07 Å². The van der Waals surface area contributed by atoms with Crippen molar-refractivity contribution in [1.29, 1.82) is 0 Å². The average molecular weight is 470 g/mol. The summed E-state index contributed by atoms with van der Waals surface area (Å²) in [6.45, 7) is 0. The van der Waals surface area contributed by atoms with E-state index in [4.69, 9.17) is 16.3 Å². The maximum Gasteiger partial charge on any atom is 0.416 e. The molecule has 0 aliphatic rings. The van der Waals surface area contributed by atoms with Gasteiger partial charge in [-0.2, -0.15) is 13.2 Å². The highest BCUT2D eigenvalue weighted by Crippen LogP contribution is 2.34. The van der Waals surface area contributed by atoms with Gasteiger partial charge in [-0.1, -0.05) is 48.0 Å². The van der Waals surface area contributed by atoms with Crippen LogP contribution in [-0.4, -0.2) is 11.9 Å². The topological polar surface area (TPSA) is 55.4 Å². The zero-order chi connectivity index (χ0) is 23.5. The average Bonchev–Trinajstić information content (AvgIpc) is 2.73. The highest BCUT2D eigenvalue weighted by Gasteiger charge is 2.32. The number of benzene rings is 3. The van der Waals surface area contributed by atoms with Crippen LogP contribution < -0.4 is 5.32 Å². The van der Waals surface area contributed by atoms with Gasteiger partial charge in [0.25, 0.3) is 5.91 Å². The summed E-state index contributed by atoms with van der Waals surface area (Å²) < 4.78 is 71.9. The predicted octanol–water partition coefficient (Wildman–Crippen LogP) is 6.17. The van der Waals surface area contributed by atoms with Crippen LogP contribution in [0.4, 0.5) is 27.6 Å². The van der Waals surface area contributed by atoms with Crippen LogP contribution in [0.25, 0.3) is 0 Å². The van der Waals surface area contributed by atoms with Crippen LogP contribution in [0.2, 0.25) is 5.02 Å². The molecule has 3 aromatic rings. The number of esters is 1. The summed E-state index contributed by atoms with van der Waals surface area (Å²) >= 11 is 5.90. The van der Waals surface area contributed by atoms with Crippen molar-refractivity contribution in [3.8, 4) is 0 Å². The smallest absolute Gasteiger partial charge is 0.416 e. The maximum absolute atomic E-state index is 13.9. The molecule has 4 nitrogen and oxygen atoms in total. The normalized spacial score (nSPS) is 12.2. The second kappa shape index (κ2) is 9.35. The summed E-state index contributed by atoms with van der Waals surface area (Å²) in [7, 11) is 0. The van der Waals surface area contributed by atoms with Gasteiger partial charge in [-0.05, 0) is 30.3 Å². The third kappa shape index (κ3) is 5.23. The minimum atomic E-state index is -4.70. The van der Waals surface area contributed by atoms with Gasteiger partial charge in [0.05, 0.1) is 16.3 Å². The van der Waals surface area contributed by atoms with Gasteiger partial charge >= 0.3 is 12.1 Å². The third-order valence-electron chi connectivity index (χ3n) is 4.28. The molecule has 0 bridgehead atoms. The molecule has 10 heteroatoms. The molecule has 0 saturated heterocycles. The Labute approximate surface area is 183 Å². The minimum absolute atomic E-state index is 0.109. The van der Waals surface area contributed by atoms with Gasteiger partial charge in [0, 0.05) is 5.56 Å². The van der Waals surface area contributed by atoms with Gasteiger partial charge in [-0.25, -0.2) is 13.6 Å². The first-order valence-electron chi connectivity index (χ1n) is 8.95. The number of hydrogen-bond donors (Lipinski definition) is 1. The van der Waals surface area contributed by atoms with Crippen molar-refractivity contribution in [2.45, 2.75) is 12.3 Å². The van der Waals surface area contributed by atoms with Crippen molar-refractivity contribution in [2.75, 3.05) is 5.32 Å². The summed E-state index contributed by atoms with van der Waals surface area (Å²) in [5, 5.41) is 1.97. The lowest BCUT2D eigenvalue weighted by molar-refractivity contribution is -0.137. The van der Waals surface area contributed by atoms with E-state index in [1.807, 2.05) is 0 Å². The lowest BCUT2D eigenvalue weighted by atomic mass is 10.1. The minimum Gasteiger partial charge on any atom is -0.444 e. The molecule has 0 aliphatic carbocycles. The highest BCUT2D eigenvalue weighted by atomic mass is 35.5. The summed E-state index contributed by atoms with van der Waals surface area (Å²) in [5.41, 5.74) is -2.36. The number of alkyl halides is 3. The van der Waals surface area contributed by atoms with E-state index in [0.717, 1.165) is 30.3 Å². The molecule has 3 aromatic carbocycles. The highest BCUT2D eigenvalue weighted by molar-refractivity contribution is 6.33. The molecule has 166 valence electrons. The Balaban J connectivity index is 1.94. The number of amides is 1. The van der Waals surface area contributed by atoms with Crippen molar-refractivity contribution >= 4 is 29.2 Å². The Bertz CT molecular complexity index is 1130. The molecule has 1 N–H and O–H groups in total.